The van der Waals surface area contributed by atoms with Gasteiger partial charge in [0.05, 0.1) is 0 Å². The molecule has 1 atom stereocenters. The van der Waals surface area contributed by atoms with Crippen molar-refractivity contribution in [3.8, 4) is 11.1 Å². The smallest absolute Gasteiger partial charge is 0.138 e. The summed E-state index contributed by atoms with van der Waals surface area (Å²) in [7, 11) is 0. The first-order valence-electron chi connectivity index (χ1n) is 15.0. The number of hydrogen-bond acceptors (Lipinski definition) is 4. The van der Waals surface area contributed by atoms with E-state index in [9.17, 15) is 0 Å². The first kappa shape index (κ1) is 29.9. The molecule has 0 radical (unpaired) electrons. The molecule has 6 heteroatoms. The third-order valence-electron chi connectivity index (χ3n) is 7.85. The van der Waals surface area contributed by atoms with Crippen molar-refractivity contribution in [1.82, 2.24) is 0 Å². The van der Waals surface area contributed by atoms with Crippen molar-refractivity contribution in [2.45, 2.75) is 6.17 Å². The van der Waals surface area contributed by atoms with E-state index in [0.29, 0.717) is 11.4 Å². The molecule has 224 valence electrons. The molecule has 46 heavy (non-hydrogen) atoms. The summed E-state index contributed by atoms with van der Waals surface area (Å²) in [5, 5.41) is 27.1. The fourth-order valence-corrected chi connectivity index (χ4v) is 5.40. The minimum atomic E-state index is -0.573. The van der Waals surface area contributed by atoms with Crippen LogP contribution < -0.4 is 15.5 Å². The van der Waals surface area contributed by atoms with Crippen molar-refractivity contribution in [3.63, 3.8) is 0 Å². The van der Waals surface area contributed by atoms with E-state index < -0.39 is 6.17 Å². The van der Waals surface area contributed by atoms with Crippen LogP contribution in [0.3, 0.4) is 0 Å². The summed E-state index contributed by atoms with van der Waals surface area (Å²) in [6.07, 6.45) is -0.573. The quantitative estimate of drug-likeness (QED) is 0.0800. The number of nitrogens with zero attached hydrogens (tertiary/aromatic N) is 2. The minimum Gasteiger partial charge on any atom is -0.307 e. The van der Waals surface area contributed by atoms with E-state index in [1.54, 1.807) is 4.90 Å². The topological polar surface area (TPSA) is 104 Å². The summed E-state index contributed by atoms with van der Waals surface area (Å²) in [5.41, 5.74) is 13.5. The Labute approximate surface area is 269 Å². The molecule has 0 aliphatic heterocycles. The second-order valence-corrected chi connectivity index (χ2v) is 10.8. The van der Waals surface area contributed by atoms with E-state index in [1.165, 1.54) is 0 Å². The van der Waals surface area contributed by atoms with Crippen molar-refractivity contribution in [3.05, 3.63) is 192 Å². The molecule has 5 N–H and O–H groups in total. The lowest BCUT2D eigenvalue weighted by Crippen LogP contribution is -2.39. The summed E-state index contributed by atoms with van der Waals surface area (Å²) >= 11 is 0. The van der Waals surface area contributed by atoms with Crippen molar-refractivity contribution < 1.29 is 0 Å². The van der Waals surface area contributed by atoms with Gasteiger partial charge in [0.1, 0.15) is 23.7 Å². The predicted molar refractivity (Wildman–Crippen MR) is 190 cm³/mol. The summed E-state index contributed by atoms with van der Waals surface area (Å²) in [6, 6.07) is 54.4. The van der Waals surface area contributed by atoms with Crippen molar-refractivity contribution in [2.24, 2.45) is 5.73 Å². The maximum absolute atomic E-state index is 9.11. The molecule has 0 spiro atoms. The van der Waals surface area contributed by atoms with Gasteiger partial charge in [0.2, 0.25) is 0 Å². The van der Waals surface area contributed by atoms with Crippen LogP contribution in [0.1, 0.15) is 28.4 Å². The van der Waals surface area contributed by atoms with E-state index in [-0.39, 0.29) is 11.7 Å². The molecular formula is C40H34N6. The van der Waals surface area contributed by atoms with Crippen LogP contribution in [0.2, 0.25) is 0 Å². The van der Waals surface area contributed by atoms with Crippen LogP contribution in [0, 0.1) is 16.2 Å². The maximum Gasteiger partial charge on any atom is 0.138 e. The summed E-state index contributed by atoms with van der Waals surface area (Å²) in [6.45, 7) is 0. The van der Waals surface area contributed by atoms with Gasteiger partial charge >= 0.3 is 0 Å². The number of para-hydroxylation sites is 2. The molecule has 0 amide bonds. The normalized spacial score (nSPS) is 11.3. The van der Waals surface area contributed by atoms with Gasteiger partial charge in [-0.1, -0.05) is 146 Å². The number of anilines is 2. The highest BCUT2D eigenvalue weighted by Crippen LogP contribution is 2.29. The highest BCUT2D eigenvalue weighted by Gasteiger charge is 2.23. The molecule has 6 aromatic rings. The van der Waals surface area contributed by atoms with E-state index >= 15 is 0 Å². The molecule has 0 saturated heterocycles. The minimum absolute atomic E-state index is 0.217. The van der Waals surface area contributed by atoms with Gasteiger partial charge in [-0.2, -0.15) is 0 Å². The molecule has 0 aliphatic rings. The first-order valence-corrected chi connectivity index (χ1v) is 15.0. The molecule has 0 saturated carbocycles. The monoisotopic (exact) mass is 598 g/mol. The van der Waals surface area contributed by atoms with Gasteiger partial charge in [0, 0.05) is 28.1 Å². The molecule has 1 unspecified atom stereocenters. The van der Waals surface area contributed by atoms with E-state index in [1.807, 2.05) is 175 Å². The molecule has 6 nitrogen and oxygen atoms in total. The van der Waals surface area contributed by atoms with E-state index in [4.69, 9.17) is 22.0 Å². The molecule has 6 aromatic carbocycles. The summed E-state index contributed by atoms with van der Waals surface area (Å²) < 4.78 is 0. The lowest BCUT2D eigenvalue weighted by atomic mass is 10.0. The number of nitrogens with one attached hydrogen (secondary N) is 3. The molecular weight excluding hydrogens is 564 g/mol. The van der Waals surface area contributed by atoms with Crippen LogP contribution in [-0.4, -0.2) is 17.5 Å². The molecule has 0 bridgehead atoms. The van der Waals surface area contributed by atoms with Crippen LogP contribution >= 0.6 is 0 Å². The number of hydrogen-bond donors (Lipinski definition) is 4. The van der Waals surface area contributed by atoms with Gasteiger partial charge in [-0.3, -0.25) is 21.1 Å². The fraction of sp³-hybridized carbons (Fsp3) is 0.0250. The van der Waals surface area contributed by atoms with Gasteiger partial charge in [-0.05, 0) is 41.0 Å². The Balaban J connectivity index is 1.24. The van der Waals surface area contributed by atoms with Gasteiger partial charge in [0.15, 0.2) is 0 Å². The van der Waals surface area contributed by atoms with Crippen LogP contribution in [0.4, 0.5) is 11.4 Å². The largest absolute Gasteiger partial charge is 0.307 e. The molecule has 6 rings (SSSR count). The lowest BCUT2D eigenvalue weighted by molar-refractivity contribution is 0.750. The third kappa shape index (κ3) is 6.38. The Morgan fingerprint density at radius 3 is 1.26 bits per heavy atom. The number of benzene rings is 6. The fourth-order valence-electron chi connectivity index (χ4n) is 5.40. The summed E-state index contributed by atoms with van der Waals surface area (Å²) in [5.74, 6) is 0.777. The Morgan fingerprint density at radius 2 is 0.783 bits per heavy atom. The first-order chi connectivity index (χ1) is 22.5. The second kappa shape index (κ2) is 13.7. The number of rotatable bonds is 8. The Hall–Kier alpha value is -6.11. The van der Waals surface area contributed by atoms with Crippen molar-refractivity contribution in [1.29, 1.82) is 16.2 Å². The molecule has 0 fully saturated rings. The van der Waals surface area contributed by atoms with Gasteiger partial charge in [-0.15, -0.1) is 0 Å². The number of nitrogens with two attached hydrogens (primary N) is 1. The average molecular weight is 599 g/mol. The van der Waals surface area contributed by atoms with Crippen LogP contribution in [0.15, 0.2) is 170 Å². The Bertz CT molecular complexity index is 1920. The standard InChI is InChI=1S/C40H34N6/c41-37(31-13-5-1-6-14-31)45(35-17-9-3-10-18-35)39(43)33-25-21-29(22-26-33)30-23-27-34(28-24-30)40(44)46(36-19-11-4-12-20-36)38(42)32-15-7-2-8-16-32/h1-28,39,41-42,44H,43H2. The van der Waals surface area contributed by atoms with E-state index in [0.717, 1.165) is 39.2 Å². The van der Waals surface area contributed by atoms with Crippen LogP contribution in [-0.2, 0) is 0 Å². The molecule has 0 heterocycles. The van der Waals surface area contributed by atoms with Crippen LogP contribution in [0.25, 0.3) is 11.1 Å². The Kier molecular flexibility index (Phi) is 8.90. The lowest BCUT2D eigenvalue weighted by Gasteiger charge is -2.32. The molecule has 0 aliphatic carbocycles. The SMILES string of the molecule is N=C(c1ccccc1)N(C(=N)c1ccc(-c2ccc(C(N)N(C(=N)c3ccccc3)c3ccccc3)cc2)cc1)c1ccccc1. The third-order valence-corrected chi connectivity index (χ3v) is 7.85. The van der Waals surface area contributed by atoms with Crippen molar-refractivity contribution >= 4 is 28.9 Å². The van der Waals surface area contributed by atoms with Crippen molar-refractivity contribution in [2.75, 3.05) is 9.80 Å². The molecule has 0 aromatic heterocycles. The number of amidine groups is 3. The zero-order chi connectivity index (χ0) is 31.9. The Morgan fingerprint density at radius 1 is 0.413 bits per heavy atom. The second-order valence-electron chi connectivity index (χ2n) is 10.8. The zero-order valence-corrected chi connectivity index (χ0v) is 25.2. The zero-order valence-electron chi connectivity index (χ0n) is 25.2. The maximum atomic E-state index is 9.11. The predicted octanol–water partition coefficient (Wildman–Crippen LogP) is 8.70. The highest BCUT2D eigenvalue weighted by molar-refractivity contribution is 6.27. The van der Waals surface area contributed by atoms with E-state index in [2.05, 4.69) is 0 Å². The van der Waals surface area contributed by atoms with Crippen LogP contribution in [0.5, 0.6) is 0 Å². The van der Waals surface area contributed by atoms with Gasteiger partial charge < -0.3 is 10.6 Å². The average Bonchev–Trinajstić information content (AvgIpc) is 3.13. The van der Waals surface area contributed by atoms with Gasteiger partial charge in [0.25, 0.3) is 0 Å². The van der Waals surface area contributed by atoms with Gasteiger partial charge in [-0.25, -0.2) is 0 Å². The summed E-state index contributed by atoms with van der Waals surface area (Å²) in [4.78, 5) is 3.50. The highest BCUT2D eigenvalue weighted by atomic mass is 15.3.